The van der Waals surface area contributed by atoms with Gasteiger partial charge in [0, 0.05) is 17.4 Å². The summed E-state index contributed by atoms with van der Waals surface area (Å²) in [5.41, 5.74) is 0. The van der Waals surface area contributed by atoms with Crippen LogP contribution in [0.1, 0.15) is 6.42 Å². The topological polar surface area (TPSA) is 101 Å². The van der Waals surface area contributed by atoms with Crippen molar-refractivity contribution in [2.45, 2.75) is 17.4 Å². The predicted octanol–water partition coefficient (Wildman–Crippen LogP) is 0.220. The van der Waals surface area contributed by atoms with E-state index in [1.165, 1.54) is 12.1 Å². The van der Waals surface area contributed by atoms with E-state index in [1.54, 1.807) is 18.2 Å². The van der Waals surface area contributed by atoms with E-state index >= 15 is 0 Å². The molecule has 0 bridgehead atoms. The number of sulfonamides is 1. The van der Waals surface area contributed by atoms with E-state index in [2.05, 4.69) is 10.0 Å². The Hall–Kier alpha value is -1.51. The van der Waals surface area contributed by atoms with E-state index < -0.39 is 16.1 Å². The molecule has 2 atom stereocenters. The summed E-state index contributed by atoms with van der Waals surface area (Å²) in [6.07, 6.45) is 0.586. The van der Waals surface area contributed by atoms with Gasteiger partial charge in [0.15, 0.2) is 0 Å². The van der Waals surface area contributed by atoms with Gasteiger partial charge in [-0.05, 0) is 25.1 Å². The molecule has 0 saturated carbocycles. The first-order chi connectivity index (χ1) is 9.50. The van der Waals surface area contributed by atoms with Gasteiger partial charge in [-0.3, -0.25) is 10.1 Å². The zero-order valence-electron chi connectivity index (χ0n) is 10.9. The van der Waals surface area contributed by atoms with Gasteiger partial charge in [-0.1, -0.05) is 18.2 Å². The van der Waals surface area contributed by atoms with E-state index in [-0.39, 0.29) is 28.8 Å². The summed E-state index contributed by atoms with van der Waals surface area (Å²) in [7, 11) is -3.60. The van der Waals surface area contributed by atoms with E-state index in [1.807, 2.05) is 0 Å². The van der Waals surface area contributed by atoms with Crippen molar-refractivity contribution in [3.63, 3.8) is 0 Å². The lowest BCUT2D eigenvalue weighted by atomic mass is 9.93. The van der Waals surface area contributed by atoms with Gasteiger partial charge in [-0.2, -0.15) is 0 Å². The Morgan fingerprint density at radius 3 is 2.70 bits per heavy atom. The molecule has 0 aromatic heterocycles. The highest BCUT2D eigenvalue weighted by atomic mass is 32.2. The van der Waals surface area contributed by atoms with Gasteiger partial charge >= 0.3 is 0 Å². The quantitative estimate of drug-likeness (QED) is 0.598. The average molecular weight is 299 g/mol. The molecule has 1 aliphatic heterocycles. The summed E-state index contributed by atoms with van der Waals surface area (Å²) in [5, 5.41) is 13.9. The maximum Gasteiger partial charge on any atom is 0.240 e. The van der Waals surface area contributed by atoms with Crippen molar-refractivity contribution in [2.24, 2.45) is 5.92 Å². The molecule has 2 rings (SSSR count). The van der Waals surface area contributed by atoms with Crippen LogP contribution in [0, 0.1) is 16.0 Å². The molecule has 2 unspecified atom stereocenters. The summed E-state index contributed by atoms with van der Waals surface area (Å²) in [6, 6.07) is 7.25. The third kappa shape index (κ3) is 3.53. The largest absolute Gasteiger partial charge is 0.310 e. The number of hydrogen-bond donors (Lipinski definition) is 2. The van der Waals surface area contributed by atoms with E-state index in [0.717, 1.165) is 0 Å². The first-order valence-corrected chi connectivity index (χ1v) is 7.88. The van der Waals surface area contributed by atoms with Crippen LogP contribution in [0.5, 0.6) is 0 Å². The van der Waals surface area contributed by atoms with Gasteiger partial charge in [0.05, 0.1) is 11.4 Å². The molecule has 7 nitrogen and oxygen atoms in total. The number of nitrogens with one attached hydrogen (secondary N) is 2. The van der Waals surface area contributed by atoms with Crippen molar-refractivity contribution in [1.29, 1.82) is 0 Å². The molecule has 1 fully saturated rings. The van der Waals surface area contributed by atoms with Crippen LogP contribution in [-0.2, 0) is 10.0 Å². The highest BCUT2D eigenvalue weighted by Gasteiger charge is 2.34. The van der Waals surface area contributed by atoms with Gasteiger partial charge in [0.1, 0.15) is 0 Å². The van der Waals surface area contributed by atoms with Crippen LogP contribution in [0.15, 0.2) is 35.2 Å². The predicted molar refractivity (Wildman–Crippen MR) is 73.4 cm³/mol. The van der Waals surface area contributed by atoms with Crippen LogP contribution in [0.4, 0.5) is 0 Å². The molecule has 0 radical (unpaired) electrons. The minimum Gasteiger partial charge on any atom is -0.310 e. The minimum absolute atomic E-state index is 0.0879. The van der Waals surface area contributed by atoms with Gasteiger partial charge in [0.25, 0.3) is 0 Å². The Labute approximate surface area is 117 Å². The second kappa shape index (κ2) is 6.29. The minimum atomic E-state index is -3.60. The normalized spacial score (nSPS) is 23.4. The number of piperidine rings is 1. The van der Waals surface area contributed by atoms with Crippen molar-refractivity contribution in [2.75, 3.05) is 19.6 Å². The molecule has 20 heavy (non-hydrogen) atoms. The third-order valence-electron chi connectivity index (χ3n) is 3.45. The number of hydrogen-bond acceptors (Lipinski definition) is 5. The molecular weight excluding hydrogens is 282 g/mol. The Morgan fingerprint density at radius 1 is 1.35 bits per heavy atom. The van der Waals surface area contributed by atoms with Crippen LogP contribution >= 0.6 is 0 Å². The number of nitrogens with zero attached hydrogens (tertiary/aromatic N) is 1. The van der Waals surface area contributed by atoms with Gasteiger partial charge in [0.2, 0.25) is 16.1 Å². The fourth-order valence-electron chi connectivity index (χ4n) is 2.28. The van der Waals surface area contributed by atoms with Crippen LogP contribution in [0.2, 0.25) is 0 Å². The Kier molecular flexibility index (Phi) is 4.69. The molecule has 1 saturated heterocycles. The standard InChI is InChI=1S/C12H17N3O4S/c16-15(17)12-9-13-7-6-10(12)8-14-20(18,19)11-4-2-1-3-5-11/h1-5,10,12-14H,6-9H2. The molecule has 0 aliphatic carbocycles. The highest BCUT2D eigenvalue weighted by molar-refractivity contribution is 7.89. The maximum atomic E-state index is 12.1. The molecule has 0 spiro atoms. The monoisotopic (exact) mass is 299 g/mol. The van der Waals surface area contributed by atoms with Gasteiger partial charge in [-0.15, -0.1) is 0 Å². The summed E-state index contributed by atoms with van der Waals surface area (Å²) < 4.78 is 26.6. The molecule has 1 aromatic carbocycles. The first-order valence-electron chi connectivity index (χ1n) is 6.39. The fraction of sp³-hybridized carbons (Fsp3) is 0.500. The Balaban J connectivity index is 2.02. The van der Waals surface area contributed by atoms with Crippen LogP contribution in [0.25, 0.3) is 0 Å². The van der Waals surface area contributed by atoms with E-state index in [9.17, 15) is 18.5 Å². The second-order valence-corrected chi connectivity index (χ2v) is 6.54. The molecular formula is C12H17N3O4S. The zero-order chi connectivity index (χ0) is 14.6. The van der Waals surface area contributed by atoms with Crippen LogP contribution < -0.4 is 10.0 Å². The average Bonchev–Trinajstić information content (AvgIpc) is 2.46. The highest BCUT2D eigenvalue weighted by Crippen LogP contribution is 2.16. The summed E-state index contributed by atoms with van der Waals surface area (Å²) >= 11 is 0. The Morgan fingerprint density at radius 2 is 2.05 bits per heavy atom. The molecule has 1 heterocycles. The molecule has 0 amide bonds. The zero-order valence-corrected chi connectivity index (χ0v) is 11.7. The lowest BCUT2D eigenvalue weighted by Crippen LogP contribution is -2.49. The van der Waals surface area contributed by atoms with Gasteiger partial charge in [-0.25, -0.2) is 13.1 Å². The lowest BCUT2D eigenvalue weighted by molar-refractivity contribution is -0.531. The van der Waals surface area contributed by atoms with Crippen molar-refractivity contribution >= 4 is 10.0 Å². The number of nitro groups is 1. The van der Waals surface area contributed by atoms with Crippen molar-refractivity contribution in [3.05, 3.63) is 40.4 Å². The Bertz CT molecular complexity index is 561. The van der Waals surface area contributed by atoms with Crippen molar-refractivity contribution < 1.29 is 13.3 Å². The molecule has 110 valence electrons. The smallest absolute Gasteiger partial charge is 0.240 e. The van der Waals surface area contributed by atoms with Crippen molar-refractivity contribution in [3.8, 4) is 0 Å². The molecule has 2 N–H and O–H groups in total. The first kappa shape index (κ1) is 14.9. The van der Waals surface area contributed by atoms with Crippen LogP contribution in [-0.4, -0.2) is 39.0 Å². The molecule has 1 aliphatic rings. The molecule has 1 aromatic rings. The van der Waals surface area contributed by atoms with Crippen LogP contribution in [0.3, 0.4) is 0 Å². The molecule has 8 heteroatoms. The number of rotatable bonds is 5. The SMILES string of the molecule is O=[N+]([O-])C1CNCCC1CNS(=O)(=O)c1ccccc1. The second-order valence-electron chi connectivity index (χ2n) is 4.77. The third-order valence-corrected chi connectivity index (χ3v) is 4.89. The lowest BCUT2D eigenvalue weighted by Gasteiger charge is -2.26. The summed E-state index contributed by atoms with van der Waals surface area (Å²) in [5.74, 6) is -0.287. The van der Waals surface area contributed by atoms with E-state index in [4.69, 9.17) is 0 Å². The summed E-state index contributed by atoms with van der Waals surface area (Å²) in [6.45, 7) is 1.04. The van der Waals surface area contributed by atoms with Gasteiger partial charge < -0.3 is 5.32 Å². The van der Waals surface area contributed by atoms with E-state index in [0.29, 0.717) is 13.0 Å². The summed E-state index contributed by atoms with van der Waals surface area (Å²) in [4.78, 5) is 10.8. The maximum absolute atomic E-state index is 12.1. The fourth-order valence-corrected chi connectivity index (χ4v) is 3.40. The van der Waals surface area contributed by atoms with Crippen molar-refractivity contribution in [1.82, 2.24) is 10.0 Å². The number of benzene rings is 1.